The molecule has 0 aliphatic rings. The Morgan fingerprint density at radius 1 is 1.06 bits per heavy atom. The number of nitrogens with one attached hydrogen (secondary N) is 1. The summed E-state index contributed by atoms with van der Waals surface area (Å²) in [5.41, 5.74) is 2.73. The maximum atomic E-state index is 13.4. The van der Waals surface area contributed by atoms with Crippen LogP contribution in [-0.2, 0) is 26.2 Å². The maximum Gasteiger partial charge on any atom is 0.244 e. The van der Waals surface area contributed by atoms with Gasteiger partial charge in [-0.1, -0.05) is 25.1 Å². The largest absolute Gasteiger partial charge is 0.357 e. The molecule has 7 nitrogen and oxygen atoms in total. The molecular weight excluding hydrogens is 433 g/mol. The van der Waals surface area contributed by atoms with Crippen LogP contribution in [0.25, 0.3) is 0 Å². The molecule has 2 aromatic rings. The summed E-state index contributed by atoms with van der Waals surface area (Å²) in [5, 5.41) is 2.55. The first-order valence-electron chi connectivity index (χ1n) is 10.3. The number of amides is 2. The van der Waals surface area contributed by atoms with Crippen molar-refractivity contribution >= 4 is 27.5 Å². The van der Waals surface area contributed by atoms with Crippen LogP contribution in [0.4, 0.5) is 10.1 Å². The Labute approximate surface area is 189 Å². The highest BCUT2D eigenvalue weighted by Crippen LogP contribution is 2.22. The first-order valence-corrected chi connectivity index (χ1v) is 12.1. The highest BCUT2D eigenvalue weighted by molar-refractivity contribution is 7.92. The minimum Gasteiger partial charge on any atom is -0.357 e. The SMILES string of the molecule is CC[C@H](C(=O)NC)N(Cc1ccc(F)cc1)C(=O)CN(c1cc(C)cc(C)c1)S(C)(=O)=O. The summed E-state index contributed by atoms with van der Waals surface area (Å²) < 4.78 is 39.5. The zero-order valence-corrected chi connectivity index (χ0v) is 19.9. The van der Waals surface area contributed by atoms with Crippen molar-refractivity contribution in [2.24, 2.45) is 0 Å². The van der Waals surface area contributed by atoms with E-state index in [2.05, 4.69) is 5.32 Å². The number of likely N-dealkylation sites (N-methyl/N-ethyl adjacent to an activating group) is 1. The first kappa shape index (κ1) is 25.3. The number of hydrogen-bond acceptors (Lipinski definition) is 4. The molecule has 0 aliphatic carbocycles. The lowest BCUT2D eigenvalue weighted by Crippen LogP contribution is -2.51. The number of carbonyl (C=O) groups is 2. The van der Waals surface area contributed by atoms with Crippen LogP contribution < -0.4 is 9.62 Å². The van der Waals surface area contributed by atoms with Crippen molar-refractivity contribution < 1.29 is 22.4 Å². The molecule has 9 heteroatoms. The van der Waals surface area contributed by atoms with Crippen LogP contribution in [-0.4, -0.2) is 51.0 Å². The number of rotatable bonds is 9. The molecule has 0 bridgehead atoms. The lowest BCUT2D eigenvalue weighted by atomic mass is 10.1. The molecule has 0 aromatic heterocycles. The average Bonchev–Trinajstić information content (AvgIpc) is 2.71. The summed E-state index contributed by atoms with van der Waals surface area (Å²) in [4.78, 5) is 27.2. The Hall–Kier alpha value is -2.94. The zero-order valence-electron chi connectivity index (χ0n) is 19.1. The van der Waals surface area contributed by atoms with E-state index in [1.807, 2.05) is 19.9 Å². The number of carbonyl (C=O) groups excluding carboxylic acids is 2. The topological polar surface area (TPSA) is 86.8 Å². The second-order valence-electron chi connectivity index (χ2n) is 7.80. The Morgan fingerprint density at radius 2 is 1.62 bits per heavy atom. The van der Waals surface area contributed by atoms with Crippen LogP contribution in [0, 0.1) is 19.7 Å². The first-order chi connectivity index (χ1) is 15.0. The van der Waals surface area contributed by atoms with Gasteiger partial charge in [0.1, 0.15) is 18.4 Å². The third kappa shape index (κ3) is 6.53. The molecule has 0 saturated heterocycles. The number of halogens is 1. The van der Waals surface area contributed by atoms with Gasteiger partial charge in [0.05, 0.1) is 11.9 Å². The molecule has 0 aliphatic heterocycles. The van der Waals surface area contributed by atoms with E-state index in [0.717, 1.165) is 21.7 Å². The van der Waals surface area contributed by atoms with E-state index in [1.165, 1.54) is 36.2 Å². The Kier molecular flexibility index (Phi) is 8.38. The smallest absolute Gasteiger partial charge is 0.244 e. The van der Waals surface area contributed by atoms with Gasteiger partial charge in [-0.3, -0.25) is 13.9 Å². The lowest BCUT2D eigenvalue weighted by molar-refractivity contribution is -0.140. The Morgan fingerprint density at radius 3 is 2.09 bits per heavy atom. The molecular formula is C23H30FN3O4S. The van der Waals surface area contributed by atoms with Gasteiger partial charge in [0, 0.05) is 13.6 Å². The van der Waals surface area contributed by atoms with Crippen LogP contribution in [0.15, 0.2) is 42.5 Å². The minimum absolute atomic E-state index is 0.0372. The van der Waals surface area contributed by atoms with Crippen LogP contribution >= 0.6 is 0 Å². The van der Waals surface area contributed by atoms with Crippen molar-refractivity contribution in [3.63, 3.8) is 0 Å². The van der Waals surface area contributed by atoms with Crippen molar-refractivity contribution in [3.8, 4) is 0 Å². The molecule has 2 rings (SSSR count). The van der Waals surface area contributed by atoms with E-state index in [9.17, 15) is 22.4 Å². The van der Waals surface area contributed by atoms with E-state index in [1.54, 1.807) is 19.1 Å². The number of benzene rings is 2. The molecule has 0 unspecified atom stereocenters. The summed E-state index contributed by atoms with van der Waals surface area (Å²) in [6, 6.07) is 10.1. The predicted molar refractivity (Wildman–Crippen MR) is 123 cm³/mol. The van der Waals surface area contributed by atoms with Crippen LogP contribution in [0.5, 0.6) is 0 Å². The van der Waals surface area contributed by atoms with Crippen LogP contribution in [0.1, 0.15) is 30.0 Å². The third-order valence-corrected chi connectivity index (χ3v) is 6.21. The van der Waals surface area contributed by atoms with Gasteiger partial charge >= 0.3 is 0 Å². The highest BCUT2D eigenvalue weighted by atomic mass is 32.2. The third-order valence-electron chi connectivity index (χ3n) is 5.07. The van der Waals surface area contributed by atoms with Gasteiger partial charge in [-0.25, -0.2) is 12.8 Å². The average molecular weight is 464 g/mol. The van der Waals surface area contributed by atoms with E-state index in [-0.39, 0.29) is 12.5 Å². The molecule has 1 N–H and O–H groups in total. The fourth-order valence-electron chi connectivity index (χ4n) is 3.58. The second-order valence-corrected chi connectivity index (χ2v) is 9.71. The van der Waals surface area contributed by atoms with E-state index < -0.39 is 34.3 Å². The molecule has 0 radical (unpaired) electrons. The van der Waals surface area contributed by atoms with Crippen molar-refractivity contribution in [1.82, 2.24) is 10.2 Å². The van der Waals surface area contributed by atoms with Crippen molar-refractivity contribution in [3.05, 3.63) is 65.0 Å². The van der Waals surface area contributed by atoms with E-state index >= 15 is 0 Å². The normalized spacial score (nSPS) is 12.2. The van der Waals surface area contributed by atoms with Gasteiger partial charge in [-0.15, -0.1) is 0 Å². The molecule has 2 amide bonds. The van der Waals surface area contributed by atoms with Crippen molar-refractivity contribution in [2.45, 2.75) is 39.8 Å². The summed E-state index contributed by atoms with van der Waals surface area (Å²) in [7, 11) is -2.31. The monoisotopic (exact) mass is 463 g/mol. The van der Waals surface area contributed by atoms with Gasteiger partial charge in [0.25, 0.3) is 0 Å². The van der Waals surface area contributed by atoms with Gasteiger partial charge in [-0.05, 0) is 61.2 Å². The van der Waals surface area contributed by atoms with E-state index in [0.29, 0.717) is 17.7 Å². The Bertz CT molecular complexity index is 1050. The molecule has 0 spiro atoms. The minimum atomic E-state index is -3.78. The quantitative estimate of drug-likeness (QED) is 0.620. The maximum absolute atomic E-state index is 13.4. The summed E-state index contributed by atoms with van der Waals surface area (Å²) in [6.07, 6.45) is 1.37. The lowest BCUT2D eigenvalue weighted by Gasteiger charge is -2.32. The number of hydrogen-bond donors (Lipinski definition) is 1. The fraction of sp³-hybridized carbons (Fsp3) is 0.391. The summed E-state index contributed by atoms with van der Waals surface area (Å²) in [6.45, 7) is 5.03. The number of aryl methyl sites for hydroxylation is 2. The molecule has 174 valence electrons. The number of nitrogens with zero attached hydrogens (tertiary/aromatic N) is 2. The molecule has 0 saturated carbocycles. The highest BCUT2D eigenvalue weighted by Gasteiger charge is 2.31. The van der Waals surface area contributed by atoms with E-state index in [4.69, 9.17) is 0 Å². The molecule has 2 aromatic carbocycles. The van der Waals surface area contributed by atoms with Gasteiger partial charge < -0.3 is 10.2 Å². The molecule has 1 atom stereocenters. The molecule has 0 heterocycles. The van der Waals surface area contributed by atoms with Gasteiger partial charge in [-0.2, -0.15) is 0 Å². The molecule has 32 heavy (non-hydrogen) atoms. The fourth-order valence-corrected chi connectivity index (χ4v) is 4.41. The second kappa shape index (κ2) is 10.6. The van der Waals surface area contributed by atoms with Gasteiger partial charge in [0.2, 0.25) is 21.8 Å². The van der Waals surface area contributed by atoms with Crippen LogP contribution in [0.2, 0.25) is 0 Å². The van der Waals surface area contributed by atoms with Crippen molar-refractivity contribution in [2.75, 3.05) is 24.2 Å². The zero-order chi connectivity index (χ0) is 24.1. The summed E-state index contributed by atoms with van der Waals surface area (Å²) >= 11 is 0. The number of anilines is 1. The standard InChI is InChI=1S/C23H30FN3O4S/c1-6-21(23(29)25-4)26(14-18-7-9-19(24)10-8-18)22(28)15-27(32(5,30)31)20-12-16(2)11-17(3)13-20/h7-13,21H,6,14-15H2,1-5H3,(H,25,29)/t21-/m1/s1. The van der Waals surface area contributed by atoms with Crippen molar-refractivity contribution in [1.29, 1.82) is 0 Å². The van der Waals surface area contributed by atoms with Crippen LogP contribution in [0.3, 0.4) is 0 Å². The Balaban J connectivity index is 2.45. The summed E-state index contributed by atoms with van der Waals surface area (Å²) in [5.74, 6) is -1.31. The van der Waals surface area contributed by atoms with Gasteiger partial charge in [0.15, 0.2) is 0 Å². The molecule has 0 fully saturated rings. The number of sulfonamides is 1. The predicted octanol–water partition coefficient (Wildman–Crippen LogP) is 2.76.